The van der Waals surface area contributed by atoms with Gasteiger partial charge in [0.15, 0.2) is 0 Å². The molecule has 0 radical (unpaired) electrons. The Morgan fingerprint density at radius 3 is 2.67 bits per heavy atom. The Labute approximate surface area is 120 Å². The molecule has 1 aliphatic heterocycles. The molecule has 1 N–H and O–H groups in total. The van der Waals surface area contributed by atoms with Crippen LogP contribution in [0.4, 0.5) is 0 Å². The number of fused-ring (bicyclic) bond motifs is 1. The number of hydrogen-bond acceptors (Lipinski definition) is 4. The number of aliphatic carboxylic acids is 1. The maximum Gasteiger partial charge on any atom is 0.325 e. The zero-order chi connectivity index (χ0) is 15.0. The highest BCUT2D eigenvalue weighted by Gasteiger charge is 2.31. The number of carboxylic acids is 1. The summed E-state index contributed by atoms with van der Waals surface area (Å²) in [4.78, 5) is 24.4. The fourth-order valence-corrected chi connectivity index (χ4v) is 2.29. The predicted molar refractivity (Wildman–Crippen MR) is 73.0 cm³/mol. The molecule has 3 rings (SSSR count). The highest BCUT2D eigenvalue weighted by atomic mass is 16.4. The Morgan fingerprint density at radius 2 is 2.00 bits per heavy atom. The Hall–Kier alpha value is -2.96. The van der Waals surface area contributed by atoms with E-state index in [-0.39, 0.29) is 19.0 Å². The van der Waals surface area contributed by atoms with Gasteiger partial charge in [0.1, 0.15) is 12.2 Å². The van der Waals surface area contributed by atoms with Gasteiger partial charge in [0.2, 0.25) is 0 Å². The molecule has 0 fully saturated rings. The number of aromatic nitrogens is 3. The van der Waals surface area contributed by atoms with Gasteiger partial charge in [-0.15, -0.1) is 5.10 Å². The summed E-state index contributed by atoms with van der Waals surface area (Å²) >= 11 is 0. The molecule has 106 valence electrons. The first-order valence-electron chi connectivity index (χ1n) is 6.27. The summed E-state index contributed by atoms with van der Waals surface area (Å²) in [7, 11) is 0. The van der Waals surface area contributed by atoms with E-state index in [1.807, 2.05) is 12.1 Å². The van der Waals surface area contributed by atoms with Crippen molar-refractivity contribution in [3.8, 4) is 0 Å². The second kappa shape index (κ2) is 4.86. The number of benzene rings is 1. The largest absolute Gasteiger partial charge is 0.480 e. The molecule has 0 bridgehead atoms. The van der Waals surface area contributed by atoms with E-state index in [1.165, 1.54) is 15.8 Å². The molecule has 0 saturated heterocycles. The Morgan fingerprint density at radius 1 is 1.29 bits per heavy atom. The van der Waals surface area contributed by atoms with Gasteiger partial charge in [-0.05, 0) is 6.07 Å². The van der Waals surface area contributed by atoms with Crippen LogP contribution in [0, 0.1) is 0 Å². The Balaban J connectivity index is 1.80. The van der Waals surface area contributed by atoms with E-state index in [2.05, 4.69) is 16.9 Å². The lowest BCUT2D eigenvalue weighted by atomic mass is 10.1. The molecule has 0 atom stereocenters. The molecular formula is C14H12N4O3. The van der Waals surface area contributed by atoms with Gasteiger partial charge in [0.25, 0.3) is 5.91 Å². The number of carbonyl (C=O) groups is 2. The van der Waals surface area contributed by atoms with Crippen LogP contribution < -0.4 is 0 Å². The number of nitrogens with zero attached hydrogens (tertiary/aromatic N) is 4. The summed E-state index contributed by atoms with van der Waals surface area (Å²) in [6.07, 6.45) is 1.51. The van der Waals surface area contributed by atoms with Crippen LogP contribution in [-0.2, 0) is 17.9 Å². The van der Waals surface area contributed by atoms with Gasteiger partial charge < -0.3 is 10.0 Å². The quantitative estimate of drug-likeness (QED) is 0.904. The Kier molecular flexibility index (Phi) is 3.02. The number of hydrogen-bond donors (Lipinski definition) is 1. The minimum Gasteiger partial charge on any atom is -0.480 e. The topological polar surface area (TPSA) is 88.3 Å². The summed E-state index contributed by atoms with van der Waals surface area (Å²) in [6.45, 7) is 3.89. The summed E-state index contributed by atoms with van der Waals surface area (Å²) in [6, 6.07) is 7.25. The van der Waals surface area contributed by atoms with E-state index < -0.39 is 5.97 Å². The van der Waals surface area contributed by atoms with Gasteiger partial charge in [-0.3, -0.25) is 9.59 Å². The van der Waals surface area contributed by atoms with E-state index >= 15 is 0 Å². The fraction of sp³-hybridized carbons (Fsp3) is 0.143. The van der Waals surface area contributed by atoms with Crippen LogP contribution in [0.5, 0.6) is 0 Å². The average molecular weight is 284 g/mol. The molecule has 1 amide bonds. The highest BCUT2D eigenvalue weighted by molar-refractivity contribution is 6.08. The molecule has 0 unspecified atom stereocenters. The molecule has 7 nitrogen and oxygen atoms in total. The van der Waals surface area contributed by atoms with Crippen molar-refractivity contribution in [2.75, 3.05) is 0 Å². The van der Waals surface area contributed by atoms with Crippen molar-refractivity contribution in [3.05, 3.63) is 53.9 Å². The normalized spacial score (nSPS) is 13.6. The standard InChI is InChI=1S/C14H12N4O3/c1-9-11-4-2-3-5-12(11)14(21)18(9)7-10-6-17(16-15-10)8-13(19)20/h2-6H,1,7-8H2,(H,19,20). The van der Waals surface area contributed by atoms with E-state index in [0.717, 1.165) is 5.56 Å². The van der Waals surface area contributed by atoms with E-state index in [9.17, 15) is 9.59 Å². The molecule has 1 aromatic carbocycles. The molecule has 2 heterocycles. The van der Waals surface area contributed by atoms with E-state index in [1.54, 1.807) is 12.1 Å². The monoisotopic (exact) mass is 284 g/mol. The lowest BCUT2D eigenvalue weighted by molar-refractivity contribution is -0.137. The van der Waals surface area contributed by atoms with Crippen LogP contribution in [0.3, 0.4) is 0 Å². The van der Waals surface area contributed by atoms with Crippen molar-refractivity contribution < 1.29 is 14.7 Å². The number of rotatable bonds is 4. The Bertz CT molecular complexity index is 715. The zero-order valence-corrected chi connectivity index (χ0v) is 11.1. The van der Waals surface area contributed by atoms with Crippen molar-refractivity contribution in [2.45, 2.75) is 13.1 Å². The SMILES string of the molecule is C=C1c2ccccc2C(=O)N1Cc1cn(CC(=O)O)nn1. The molecule has 0 saturated carbocycles. The first-order valence-corrected chi connectivity index (χ1v) is 6.27. The third-order valence-corrected chi connectivity index (χ3v) is 3.24. The van der Waals surface area contributed by atoms with E-state index in [4.69, 9.17) is 5.11 Å². The summed E-state index contributed by atoms with van der Waals surface area (Å²) in [5.74, 6) is -1.14. The third-order valence-electron chi connectivity index (χ3n) is 3.24. The van der Waals surface area contributed by atoms with Crippen molar-refractivity contribution in [1.29, 1.82) is 0 Å². The number of carbonyl (C=O) groups excluding carboxylic acids is 1. The average Bonchev–Trinajstić information content (AvgIpc) is 2.98. The predicted octanol–water partition coefficient (Wildman–Crippen LogP) is 0.989. The highest BCUT2D eigenvalue weighted by Crippen LogP contribution is 2.31. The number of amides is 1. The molecular weight excluding hydrogens is 272 g/mol. The maximum atomic E-state index is 12.3. The van der Waals surface area contributed by atoms with Gasteiger partial charge in [-0.2, -0.15) is 0 Å². The van der Waals surface area contributed by atoms with Crippen molar-refractivity contribution in [2.24, 2.45) is 0 Å². The molecule has 0 aliphatic carbocycles. The maximum absolute atomic E-state index is 12.3. The minimum atomic E-state index is -1.000. The summed E-state index contributed by atoms with van der Waals surface area (Å²) < 4.78 is 1.22. The zero-order valence-electron chi connectivity index (χ0n) is 11.1. The lowest BCUT2D eigenvalue weighted by Crippen LogP contribution is -2.22. The molecule has 1 aromatic heterocycles. The number of carboxylic acid groups (broad SMARTS) is 1. The van der Waals surface area contributed by atoms with Gasteiger partial charge in [0.05, 0.1) is 12.7 Å². The van der Waals surface area contributed by atoms with Gasteiger partial charge in [0, 0.05) is 16.8 Å². The molecule has 0 spiro atoms. The van der Waals surface area contributed by atoms with Crippen molar-refractivity contribution >= 4 is 17.6 Å². The summed E-state index contributed by atoms with van der Waals surface area (Å²) in [5.41, 5.74) is 2.54. The molecule has 1 aliphatic rings. The van der Waals surface area contributed by atoms with Crippen molar-refractivity contribution in [3.63, 3.8) is 0 Å². The van der Waals surface area contributed by atoms with Crippen LogP contribution in [0.1, 0.15) is 21.6 Å². The van der Waals surface area contributed by atoms with Gasteiger partial charge in [-0.1, -0.05) is 30.0 Å². The van der Waals surface area contributed by atoms with E-state index in [0.29, 0.717) is 17.0 Å². The molecule has 7 heteroatoms. The van der Waals surface area contributed by atoms with Gasteiger partial charge >= 0.3 is 5.97 Å². The minimum absolute atomic E-state index is 0.136. The molecule has 21 heavy (non-hydrogen) atoms. The fourth-order valence-electron chi connectivity index (χ4n) is 2.29. The molecule has 2 aromatic rings. The first-order chi connectivity index (χ1) is 10.1. The van der Waals surface area contributed by atoms with Crippen LogP contribution >= 0.6 is 0 Å². The van der Waals surface area contributed by atoms with Crippen LogP contribution in [0.15, 0.2) is 37.0 Å². The summed E-state index contributed by atoms with van der Waals surface area (Å²) in [5, 5.41) is 16.3. The second-order valence-corrected chi connectivity index (χ2v) is 4.68. The van der Waals surface area contributed by atoms with Crippen molar-refractivity contribution in [1.82, 2.24) is 19.9 Å². The second-order valence-electron chi connectivity index (χ2n) is 4.68. The smallest absolute Gasteiger partial charge is 0.325 e. The third kappa shape index (κ3) is 2.29. The first kappa shape index (κ1) is 13.0. The lowest BCUT2D eigenvalue weighted by Gasteiger charge is -2.15. The van der Waals surface area contributed by atoms with Crippen LogP contribution in [0.2, 0.25) is 0 Å². The van der Waals surface area contributed by atoms with Crippen LogP contribution in [-0.4, -0.2) is 36.9 Å². The van der Waals surface area contributed by atoms with Gasteiger partial charge in [-0.25, -0.2) is 4.68 Å². The van der Waals surface area contributed by atoms with Crippen LogP contribution in [0.25, 0.3) is 5.70 Å².